The number of amides is 1. The Hall–Kier alpha value is -3.36. The van der Waals surface area contributed by atoms with Gasteiger partial charge in [0.2, 0.25) is 10.0 Å². The highest BCUT2D eigenvalue weighted by Crippen LogP contribution is 2.31. The number of ether oxygens (including phenoxy) is 1. The second-order valence-corrected chi connectivity index (χ2v) is 11.6. The number of rotatable bonds is 7. The SMILES string of the molecule is COc1ccc(S(=O)(=O)N2CCCCC2)cc1NC(=O)c1ccc(CN2CCCc3ccccc32)cc1. The fourth-order valence-electron chi connectivity index (χ4n) is 5.15. The average molecular weight is 520 g/mol. The number of hydrogen-bond acceptors (Lipinski definition) is 5. The molecule has 0 atom stereocenters. The van der Waals surface area contributed by atoms with Crippen LogP contribution >= 0.6 is 0 Å². The second-order valence-electron chi connectivity index (χ2n) is 9.63. The van der Waals surface area contributed by atoms with Crippen LogP contribution in [0.2, 0.25) is 0 Å². The first-order chi connectivity index (χ1) is 18.0. The lowest BCUT2D eigenvalue weighted by atomic mass is 10.0. The van der Waals surface area contributed by atoms with Crippen LogP contribution in [0.15, 0.2) is 71.6 Å². The number of hydrogen-bond donors (Lipinski definition) is 1. The standard InChI is InChI=1S/C29H33N3O4S/c1-36-28-16-15-25(37(34,35)32-18-5-2-6-19-32)20-26(28)30-29(33)24-13-11-22(12-14-24)21-31-17-7-9-23-8-3-4-10-27(23)31/h3-4,8,10-16,20H,2,5-7,9,17-19,21H2,1H3,(H,30,33). The summed E-state index contributed by atoms with van der Waals surface area (Å²) in [6.07, 6.45) is 5.00. The van der Waals surface area contributed by atoms with E-state index in [2.05, 4.69) is 34.5 Å². The van der Waals surface area contributed by atoms with Crippen LogP contribution in [-0.4, -0.2) is 45.4 Å². The lowest BCUT2D eigenvalue weighted by Gasteiger charge is -2.31. The third-order valence-corrected chi connectivity index (χ3v) is 9.06. The van der Waals surface area contributed by atoms with Gasteiger partial charge in [-0.15, -0.1) is 0 Å². The van der Waals surface area contributed by atoms with E-state index in [0.717, 1.165) is 50.8 Å². The average Bonchev–Trinajstić information content (AvgIpc) is 2.94. The summed E-state index contributed by atoms with van der Waals surface area (Å²) in [7, 11) is -2.13. The van der Waals surface area contributed by atoms with Crippen molar-refractivity contribution >= 4 is 27.3 Å². The van der Waals surface area contributed by atoms with Crippen LogP contribution in [0.5, 0.6) is 5.75 Å². The topological polar surface area (TPSA) is 79.0 Å². The number of anilines is 2. The van der Waals surface area contributed by atoms with Crippen LogP contribution in [0.4, 0.5) is 11.4 Å². The zero-order chi connectivity index (χ0) is 25.8. The maximum absolute atomic E-state index is 13.1. The van der Waals surface area contributed by atoms with E-state index >= 15 is 0 Å². The predicted octanol–water partition coefficient (Wildman–Crippen LogP) is 5.07. The van der Waals surface area contributed by atoms with Crippen molar-refractivity contribution in [1.82, 2.24) is 4.31 Å². The van der Waals surface area contributed by atoms with Gasteiger partial charge in [0.05, 0.1) is 17.7 Å². The Balaban J connectivity index is 1.30. The molecule has 37 heavy (non-hydrogen) atoms. The Bertz CT molecular complexity index is 1370. The van der Waals surface area contributed by atoms with Gasteiger partial charge in [-0.1, -0.05) is 36.8 Å². The van der Waals surface area contributed by atoms with Crippen molar-refractivity contribution in [2.24, 2.45) is 0 Å². The van der Waals surface area contributed by atoms with Crippen molar-refractivity contribution in [3.63, 3.8) is 0 Å². The minimum atomic E-state index is -3.63. The number of nitrogens with zero attached hydrogens (tertiary/aromatic N) is 2. The van der Waals surface area contributed by atoms with Gasteiger partial charge in [0.25, 0.3) is 5.91 Å². The lowest BCUT2D eigenvalue weighted by Crippen LogP contribution is -2.35. The van der Waals surface area contributed by atoms with Crippen molar-refractivity contribution in [2.45, 2.75) is 43.5 Å². The summed E-state index contributed by atoms with van der Waals surface area (Å²) in [4.78, 5) is 15.6. The van der Waals surface area contributed by atoms with Crippen molar-refractivity contribution in [2.75, 3.05) is 37.0 Å². The first-order valence-corrected chi connectivity index (χ1v) is 14.3. The zero-order valence-corrected chi connectivity index (χ0v) is 22.0. The van der Waals surface area contributed by atoms with Gasteiger partial charge in [-0.25, -0.2) is 8.42 Å². The first kappa shape index (κ1) is 25.3. The highest BCUT2D eigenvalue weighted by atomic mass is 32.2. The van der Waals surface area contributed by atoms with Gasteiger partial charge in [-0.2, -0.15) is 4.31 Å². The molecule has 5 rings (SSSR count). The molecule has 0 spiro atoms. The minimum Gasteiger partial charge on any atom is -0.495 e. The number of carbonyl (C=O) groups excluding carboxylic acids is 1. The molecule has 2 heterocycles. The molecular weight excluding hydrogens is 486 g/mol. The maximum atomic E-state index is 13.1. The molecule has 0 aromatic heterocycles. The van der Waals surface area contributed by atoms with Crippen LogP contribution in [-0.2, 0) is 23.0 Å². The highest BCUT2D eigenvalue weighted by molar-refractivity contribution is 7.89. The number of methoxy groups -OCH3 is 1. The molecule has 3 aromatic rings. The Morgan fingerprint density at radius 1 is 0.919 bits per heavy atom. The number of sulfonamides is 1. The van der Waals surface area contributed by atoms with Crippen LogP contribution < -0.4 is 15.0 Å². The fourth-order valence-corrected chi connectivity index (χ4v) is 6.70. The highest BCUT2D eigenvalue weighted by Gasteiger charge is 2.27. The molecule has 7 nitrogen and oxygen atoms in total. The molecule has 3 aromatic carbocycles. The molecule has 0 radical (unpaired) electrons. The van der Waals surface area contributed by atoms with Crippen LogP contribution in [0.25, 0.3) is 0 Å². The van der Waals surface area contributed by atoms with Crippen LogP contribution in [0.3, 0.4) is 0 Å². The summed E-state index contributed by atoms with van der Waals surface area (Å²) in [6, 6.07) is 20.7. The number of para-hydroxylation sites is 1. The van der Waals surface area contributed by atoms with E-state index in [9.17, 15) is 13.2 Å². The third-order valence-electron chi connectivity index (χ3n) is 7.17. The molecule has 1 saturated heterocycles. The molecule has 0 saturated carbocycles. The van der Waals surface area contributed by atoms with E-state index in [1.165, 1.54) is 34.8 Å². The third kappa shape index (κ3) is 5.50. The van der Waals surface area contributed by atoms with E-state index in [-0.39, 0.29) is 10.8 Å². The number of carbonyl (C=O) groups is 1. The summed E-state index contributed by atoms with van der Waals surface area (Å²) in [5, 5.41) is 2.85. The summed E-state index contributed by atoms with van der Waals surface area (Å²) in [6.45, 7) is 2.83. The Morgan fingerprint density at radius 3 is 2.43 bits per heavy atom. The number of piperidine rings is 1. The van der Waals surface area contributed by atoms with Crippen molar-refractivity contribution in [1.29, 1.82) is 0 Å². The molecule has 0 bridgehead atoms. The summed E-state index contributed by atoms with van der Waals surface area (Å²) < 4.78 is 33.2. The van der Waals surface area contributed by atoms with Gasteiger partial charge >= 0.3 is 0 Å². The quantitative estimate of drug-likeness (QED) is 0.471. The molecule has 2 aliphatic rings. The van der Waals surface area contributed by atoms with Gasteiger partial charge < -0.3 is 15.0 Å². The van der Waals surface area contributed by atoms with Gasteiger partial charge in [-0.3, -0.25) is 4.79 Å². The number of fused-ring (bicyclic) bond motifs is 1. The van der Waals surface area contributed by atoms with E-state index in [1.54, 1.807) is 18.2 Å². The monoisotopic (exact) mass is 519 g/mol. The van der Waals surface area contributed by atoms with Crippen molar-refractivity contribution < 1.29 is 17.9 Å². The van der Waals surface area contributed by atoms with Crippen molar-refractivity contribution in [3.05, 3.63) is 83.4 Å². The van der Waals surface area contributed by atoms with Gasteiger partial charge in [0.1, 0.15) is 5.75 Å². The molecule has 1 amide bonds. The van der Waals surface area contributed by atoms with E-state index in [0.29, 0.717) is 30.1 Å². The zero-order valence-electron chi connectivity index (χ0n) is 21.2. The largest absolute Gasteiger partial charge is 0.495 e. The lowest BCUT2D eigenvalue weighted by molar-refractivity contribution is 0.102. The van der Waals surface area contributed by atoms with Crippen LogP contribution in [0, 0.1) is 0 Å². The molecular formula is C29H33N3O4S. The molecule has 0 aliphatic carbocycles. The van der Waals surface area contributed by atoms with E-state index < -0.39 is 10.0 Å². The molecule has 8 heteroatoms. The Kier molecular flexibility index (Phi) is 7.48. The molecule has 0 unspecified atom stereocenters. The minimum absolute atomic E-state index is 0.155. The maximum Gasteiger partial charge on any atom is 0.255 e. The van der Waals surface area contributed by atoms with Gasteiger partial charge in [0, 0.05) is 37.4 Å². The summed E-state index contributed by atoms with van der Waals surface area (Å²) in [5.41, 5.74) is 4.61. The van der Waals surface area contributed by atoms with E-state index in [4.69, 9.17) is 4.74 Å². The Labute approximate surface area is 219 Å². The van der Waals surface area contributed by atoms with E-state index in [1.807, 2.05) is 12.1 Å². The summed E-state index contributed by atoms with van der Waals surface area (Å²) in [5.74, 6) is 0.0898. The molecule has 194 valence electrons. The number of aryl methyl sites for hydroxylation is 1. The second kappa shape index (κ2) is 10.9. The van der Waals surface area contributed by atoms with Crippen LogP contribution in [0.1, 0.15) is 47.2 Å². The smallest absolute Gasteiger partial charge is 0.255 e. The first-order valence-electron chi connectivity index (χ1n) is 12.9. The van der Waals surface area contributed by atoms with Gasteiger partial charge in [-0.05, 0) is 73.2 Å². The summed E-state index contributed by atoms with van der Waals surface area (Å²) >= 11 is 0. The number of nitrogens with one attached hydrogen (secondary N) is 1. The normalized spacial score (nSPS) is 16.2. The Morgan fingerprint density at radius 2 is 1.68 bits per heavy atom. The fraction of sp³-hybridized carbons (Fsp3) is 0.345. The molecule has 1 fully saturated rings. The predicted molar refractivity (Wildman–Crippen MR) is 146 cm³/mol. The number of benzene rings is 3. The van der Waals surface area contributed by atoms with Gasteiger partial charge in [0.15, 0.2) is 0 Å². The van der Waals surface area contributed by atoms with Crippen molar-refractivity contribution in [3.8, 4) is 5.75 Å². The molecule has 2 aliphatic heterocycles. The molecule has 1 N–H and O–H groups in total.